The number of aromatic nitrogens is 1. The fourth-order valence-electron chi connectivity index (χ4n) is 3.73. The molecule has 26 heavy (non-hydrogen) atoms. The quantitative estimate of drug-likeness (QED) is 0.699. The van der Waals surface area contributed by atoms with Gasteiger partial charge in [0, 0.05) is 31.9 Å². The molecule has 0 amide bonds. The maximum atomic E-state index is 4.58. The number of benzene rings is 2. The molecule has 0 saturated carbocycles. The molecule has 1 atom stereocenters. The van der Waals surface area contributed by atoms with Gasteiger partial charge in [0.25, 0.3) is 0 Å². The topological polar surface area (TPSA) is 28.2 Å². The Morgan fingerprint density at radius 3 is 2.62 bits per heavy atom. The van der Waals surface area contributed by atoms with Crippen LogP contribution in [0.4, 0.5) is 5.82 Å². The highest BCUT2D eigenvalue weighted by molar-refractivity contribution is 5.83. The van der Waals surface area contributed by atoms with E-state index in [1.54, 1.807) is 0 Å². The van der Waals surface area contributed by atoms with Gasteiger partial charge in [-0.15, -0.1) is 0 Å². The molecule has 1 aromatic heterocycles. The molecule has 1 saturated heterocycles. The highest BCUT2D eigenvalue weighted by Gasteiger charge is 2.12. The van der Waals surface area contributed by atoms with Crippen LogP contribution >= 0.6 is 0 Å². The molecular formula is C23H27N3. The number of piperidine rings is 1. The van der Waals surface area contributed by atoms with Gasteiger partial charge in [-0.25, -0.2) is 4.98 Å². The Labute approximate surface area is 156 Å². The molecule has 1 N–H and O–H groups in total. The van der Waals surface area contributed by atoms with Crippen LogP contribution in [0, 0.1) is 0 Å². The molecular weight excluding hydrogens is 318 g/mol. The van der Waals surface area contributed by atoms with Crippen molar-refractivity contribution >= 4 is 16.6 Å². The van der Waals surface area contributed by atoms with Crippen molar-refractivity contribution < 1.29 is 0 Å². The van der Waals surface area contributed by atoms with Crippen LogP contribution in [0.3, 0.4) is 0 Å². The number of hydrogen-bond donors (Lipinski definition) is 1. The van der Waals surface area contributed by atoms with E-state index in [0.29, 0.717) is 6.04 Å². The second-order valence-corrected chi connectivity index (χ2v) is 7.28. The molecule has 2 heterocycles. The highest BCUT2D eigenvalue weighted by Crippen LogP contribution is 2.22. The predicted molar refractivity (Wildman–Crippen MR) is 110 cm³/mol. The van der Waals surface area contributed by atoms with Gasteiger partial charge in [0.15, 0.2) is 0 Å². The van der Waals surface area contributed by atoms with Crippen LogP contribution in [-0.4, -0.2) is 18.1 Å². The molecule has 134 valence electrons. The first-order chi connectivity index (χ1) is 12.8. The van der Waals surface area contributed by atoms with Crippen molar-refractivity contribution in [2.45, 2.75) is 38.8 Å². The minimum absolute atomic E-state index is 0.311. The molecule has 3 nitrogen and oxygen atoms in total. The zero-order chi connectivity index (χ0) is 17.8. The van der Waals surface area contributed by atoms with E-state index >= 15 is 0 Å². The first kappa shape index (κ1) is 17.0. The van der Waals surface area contributed by atoms with E-state index in [-0.39, 0.29) is 0 Å². The summed E-state index contributed by atoms with van der Waals surface area (Å²) in [5.41, 5.74) is 2.63. The lowest BCUT2D eigenvalue weighted by Gasteiger charge is -2.28. The van der Waals surface area contributed by atoms with Gasteiger partial charge in [0.1, 0.15) is 5.82 Å². The van der Waals surface area contributed by atoms with Crippen molar-refractivity contribution in [3.05, 3.63) is 71.9 Å². The Bertz CT molecular complexity index is 868. The number of fused-ring (bicyclic) bond motifs is 1. The molecule has 0 unspecified atom stereocenters. The van der Waals surface area contributed by atoms with E-state index in [4.69, 9.17) is 0 Å². The second-order valence-electron chi connectivity index (χ2n) is 7.28. The van der Waals surface area contributed by atoms with E-state index in [2.05, 4.69) is 76.7 Å². The number of nitrogens with zero attached hydrogens (tertiary/aromatic N) is 2. The van der Waals surface area contributed by atoms with Gasteiger partial charge in [-0.1, -0.05) is 36.4 Å². The van der Waals surface area contributed by atoms with E-state index in [9.17, 15) is 0 Å². The summed E-state index contributed by atoms with van der Waals surface area (Å²) in [5.74, 6) is 1.13. The third-order valence-corrected chi connectivity index (χ3v) is 5.38. The lowest BCUT2D eigenvalue weighted by Crippen LogP contribution is -2.30. The average molecular weight is 345 g/mol. The summed E-state index contributed by atoms with van der Waals surface area (Å²) in [7, 11) is 0. The van der Waals surface area contributed by atoms with E-state index < -0.39 is 0 Å². The normalized spacial score (nSPS) is 16.0. The van der Waals surface area contributed by atoms with Crippen LogP contribution in [0.2, 0.25) is 0 Å². The lowest BCUT2D eigenvalue weighted by molar-refractivity contribution is 0.567. The average Bonchev–Trinajstić information content (AvgIpc) is 2.72. The summed E-state index contributed by atoms with van der Waals surface area (Å²) >= 11 is 0. The molecule has 1 fully saturated rings. The standard InChI is InChI=1S/C23H27N3/c1-18(21-10-9-20-7-3-4-8-22(20)16-21)25-17-19-11-12-24-23(15-19)26-13-5-2-6-14-26/h3-4,7-12,15-16,18,25H,2,5-6,13-14,17H2,1H3/t18-/m1/s1. The van der Waals surface area contributed by atoms with Gasteiger partial charge < -0.3 is 10.2 Å². The van der Waals surface area contributed by atoms with E-state index in [0.717, 1.165) is 25.5 Å². The van der Waals surface area contributed by atoms with Crippen molar-refractivity contribution in [1.29, 1.82) is 0 Å². The Kier molecular flexibility index (Phi) is 5.16. The highest BCUT2D eigenvalue weighted by atomic mass is 15.2. The van der Waals surface area contributed by atoms with Crippen LogP contribution in [0.1, 0.15) is 43.4 Å². The Hall–Kier alpha value is -2.39. The Balaban J connectivity index is 1.42. The number of nitrogens with one attached hydrogen (secondary N) is 1. The van der Waals surface area contributed by atoms with Gasteiger partial charge in [0.05, 0.1) is 0 Å². The molecule has 0 spiro atoms. The lowest BCUT2D eigenvalue weighted by atomic mass is 10.0. The number of pyridine rings is 1. The largest absolute Gasteiger partial charge is 0.357 e. The zero-order valence-corrected chi connectivity index (χ0v) is 15.5. The Morgan fingerprint density at radius 2 is 1.77 bits per heavy atom. The molecule has 0 radical (unpaired) electrons. The molecule has 4 rings (SSSR count). The second kappa shape index (κ2) is 7.88. The van der Waals surface area contributed by atoms with Crippen LogP contribution < -0.4 is 10.2 Å². The van der Waals surface area contributed by atoms with Crippen LogP contribution in [-0.2, 0) is 6.54 Å². The summed E-state index contributed by atoms with van der Waals surface area (Å²) in [5, 5.41) is 6.26. The zero-order valence-electron chi connectivity index (χ0n) is 15.5. The van der Waals surface area contributed by atoms with Gasteiger partial charge in [0.2, 0.25) is 0 Å². The van der Waals surface area contributed by atoms with Crippen molar-refractivity contribution in [1.82, 2.24) is 10.3 Å². The smallest absolute Gasteiger partial charge is 0.128 e. The van der Waals surface area contributed by atoms with Crippen molar-refractivity contribution in [2.75, 3.05) is 18.0 Å². The molecule has 1 aliphatic rings. The summed E-state index contributed by atoms with van der Waals surface area (Å²) in [6.07, 6.45) is 5.86. The van der Waals surface area contributed by atoms with E-state index in [1.165, 1.54) is 41.2 Å². The van der Waals surface area contributed by atoms with Crippen molar-refractivity contribution in [3.8, 4) is 0 Å². The summed E-state index contributed by atoms with van der Waals surface area (Å²) in [6.45, 7) is 5.36. The molecule has 3 heteroatoms. The number of hydrogen-bond acceptors (Lipinski definition) is 3. The van der Waals surface area contributed by atoms with Gasteiger partial charge in [-0.05, 0) is 66.3 Å². The van der Waals surface area contributed by atoms with Crippen LogP contribution in [0.5, 0.6) is 0 Å². The number of rotatable bonds is 5. The van der Waals surface area contributed by atoms with Crippen LogP contribution in [0.15, 0.2) is 60.8 Å². The summed E-state index contributed by atoms with van der Waals surface area (Å²) < 4.78 is 0. The summed E-state index contributed by atoms with van der Waals surface area (Å²) in [6, 6.07) is 19.9. The fraction of sp³-hybridized carbons (Fsp3) is 0.348. The molecule has 3 aromatic rings. The summed E-state index contributed by atoms with van der Waals surface area (Å²) in [4.78, 5) is 7.00. The third kappa shape index (κ3) is 3.88. The van der Waals surface area contributed by atoms with Crippen molar-refractivity contribution in [2.24, 2.45) is 0 Å². The predicted octanol–water partition coefficient (Wildman–Crippen LogP) is 5.08. The van der Waals surface area contributed by atoms with Gasteiger partial charge in [-0.3, -0.25) is 0 Å². The SMILES string of the molecule is C[C@@H](NCc1ccnc(N2CCCCC2)c1)c1ccc2ccccc2c1. The van der Waals surface area contributed by atoms with E-state index in [1.807, 2.05) is 6.20 Å². The monoisotopic (exact) mass is 345 g/mol. The molecule has 0 aliphatic carbocycles. The minimum atomic E-state index is 0.311. The van der Waals surface area contributed by atoms with Gasteiger partial charge >= 0.3 is 0 Å². The molecule has 1 aliphatic heterocycles. The van der Waals surface area contributed by atoms with Crippen molar-refractivity contribution in [3.63, 3.8) is 0 Å². The third-order valence-electron chi connectivity index (χ3n) is 5.38. The number of anilines is 1. The Morgan fingerprint density at radius 1 is 0.962 bits per heavy atom. The van der Waals surface area contributed by atoms with Crippen LogP contribution in [0.25, 0.3) is 10.8 Å². The fourth-order valence-corrected chi connectivity index (χ4v) is 3.73. The first-order valence-corrected chi connectivity index (χ1v) is 9.71. The minimum Gasteiger partial charge on any atom is -0.357 e. The maximum Gasteiger partial charge on any atom is 0.128 e. The molecule has 0 bridgehead atoms. The van der Waals surface area contributed by atoms with Gasteiger partial charge in [-0.2, -0.15) is 0 Å². The first-order valence-electron chi connectivity index (χ1n) is 9.71. The maximum absolute atomic E-state index is 4.58. The molecule has 2 aromatic carbocycles.